The number of carbonyl (C=O) groups is 2. The molecule has 0 bridgehead atoms. The van der Waals surface area contributed by atoms with Crippen molar-refractivity contribution in [2.24, 2.45) is 5.41 Å². The molecule has 138 valence electrons. The predicted molar refractivity (Wildman–Crippen MR) is 95.8 cm³/mol. The lowest BCUT2D eigenvalue weighted by atomic mass is 9.73. The minimum Gasteiger partial charge on any atom is -0.342 e. The number of likely N-dealkylation sites (tertiary alicyclic amines) is 2. The molecular weight excluding hydrogens is 316 g/mol. The Balaban J connectivity index is 1.57. The molecule has 0 aromatic carbocycles. The molecule has 1 aromatic heterocycles. The van der Waals surface area contributed by atoms with E-state index in [1.807, 2.05) is 20.6 Å². The van der Waals surface area contributed by atoms with E-state index in [4.69, 9.17) is 0 Å². The van der Waals surface area contributed by atoms with Crippen LogP contribution in [0, 0.1) is 5.41 Å². The molecule has 6 heteroatoms. The van der Waals surface area contributed by atoms with Gasteiger partial charge in [-0.15, -0.1) is 0 Å². The van der Waals surface area contributed by atoms with Gasteiger partial charge >= 0.3 is 0 Å². The van der Waals surface area contributed by atoms with E-state index in [1.165, 1.54) is 0 Å². The molecule has 2 amide bonds. The second kappa shape index (κ2) is 8.02. The third-order valence-electron chi connectivity index (χ3n) is 5.69. The fraction of sp³-hybridized carbons (Fsp3) is 0.737. The summed E-state index contributed by atoms with van der Waals surface area (Å²) < 4.78 is 1.95. The van der Waals surface area contributed by atoms with E-state index in [9.17, 15) is 9.59 Å². The van der Waals surface area contributed by atoms with Crippen molar-refractivity contribution in [3.8, 4) is 0 Å². The molecule has 0 N–H and O–H groups in total. The third kappa shape index (κ3) is 4.41. The van der Waals surface area contributed by atoms with Crippen molar-refractivity contribution in [3.63, 3.8) is 0 Å². The normalized spacial score (nSPS) is 24.1. The fourth-order valence-electron chi connectivity index (χ4n) is 4.21. The summed E-state index contributed by atoms with van der Waals surface area (Å²) in [6.45, 7) is 6.21. The highest BCUT2D eigenvalue weighted by Gasteiger charge is 2.42. The van der Waals surface area contributed by atoms with Gasteiger partial charge in [0.25, 0.3) is 0 Å². The van der Waals surface area contributed by atoms with E-state index >= 15 is 0 Å². The summed E-state index contributed by atoms with van der Waals surface area (Å²) in [6.07, 6.45) is 11.8. The Morgan fingerprint density at radius 3 is 2.92 bits per heavy atom. The van der Waals surface area contributed by atoms with Crippen LogP contribution in [0.1, 0.15) is 51.9 Å². The molecule has 6 nitrogen and oxygen atoms in total. The lowest BCUT2D eigenvalue weighted by Gasteiger charge is -2.48. The first-order valence-electron chi connectivity index (χ1n) is 9.63. The van der Waals surface area contributed by atoms with Crippen LogP contribution in [-0.2, 0) is 16.1 Å². The largest absolute Gasteiger partial charge is 0.342 e. The average molecular weight is 346 g/mol. The Morgan fingerprint density at radius 2 is 2.16 bits per heavy atom. The van der Waals surface area contributed by atoms with Crippen molar-refractivity contribution in [3.05, 3.63) is 18.7 Å². The van der Waals surface area contributed by atoms with Gasteiger partial charge in [-0.1, -0.05) is 13.3 Å². The molecule has 2 aliphatic heterocycles. The van der Waals surface area contributed by atoms with E-state index in [0.29, 0.717) is 25.3 Å². The molecule has 1 aromatic rings. The van der Waals surface area contributed by atoms with Crippen LogP contribution in [0.2, 0.25) is 0 Å². The van der Waals surface area contributed by atoms with Crippen LogP contribution in [0.3, 0.4) is 0 Å². The number of hydrogen-bond donors (Lipinski definition) is 0. The Labute approximate surface area is 150 Å². The molecule has 3 heterocycles. The molecule has 0 radical (unpaired) electrons. The first-order chi connectivity index (χ1) is 12.1. The zero-order valence-corrected chi connectivity index (χ0v) is 15.3. The third-order valence-corrected chi connectivity index (χ3v) is 5.69. The van der Waals surface area contributed by atoms with Crippen molar-refractivity contribution in [2.75, 3.05) is 26.2 Å². The van der Waals surface area contributed by atoms with E-state index < -0.39 is 0 Å². The average Bonchev–Trinajstić information content (AvgIpc) is 3.14. The van der Waals surface area contributed by atoms with Gasteiger partial charge in [-0.25, -0.2) is 4.98 Å². The maximum absolute atomic E-state index is 12.6. The van der Waals surface area contributed by atoms with E-state index in [-0.39, 0.29) is 11.3 Å². The predicted octanol–water partition coefficient (Wildman–Crippen LogP) is 2.30. The van der Waals surface area contributed by atoms with Crippen molar-refractivity contribution in [2.45, 2.75) is 58.4 Å². The summed E-state index contributed by atoms with van der Waals surface area (Å²) in [6, 6.07) is 0. The minimum atomic E-state index is 0.116. The number of unbranched alkanes of at least 4 members (excludes halogenated alkanes) is 1. The van der Waals surface area contributed by atoms with Crippen LogP contribution >= 0.6 is 0 Å². The quantitative estimate of drug-likeness (QED) is 0.794. The number of piperidine rings is 2. The molecule has 1 atom stereocenters. The first-order valence-corrected chi connectivity index (χ1v) is 9.63. The van der Waals surface area contributed by atoms with Crippen molar-refractivity contribution < 1.29 is 9.59 Å². The standard InChI is InChI=1S/C19H30N4O2/c1-2-3-10-22-14-19(8-5-17(22)24)7-4-11-23(15-19)18(25)6-12-21-13-9-20-16-21/h9,13,16H,2-8,10-12,14-15H2,1H3. The maximum atomic E-state index is 12.6. The molecule has 25 heavy (non-hydrogen) atoms. The van der Waals surface area contributed by atoms with Crippen molar-refractivity contribution in [1.82, 2.24) is 19.4 Å². The number of carbonyl (C=O) groups excluding carboxylic acids is 2. The molecular formula is C19H30N4O2. The Kier molecular flexibility index (Phi) is 5.76. The lowest BCUT2D eigenvalue weighted by Crippen LogP contribution is -2.55. The molecule has 2 saturated heterocycles. The highest BCUT2D eigenvalue weighted by Crippen LogP contribution is 2.39. The van der Waals surface area contributed by atoms with Crippen LogP contribution < -0.4 is 0 Å². The molecule has 1 unspecified atom stereocenters. The van der Waals surface area contributed by atoms with Crippen LogP contribution in [-0.4, -0.2) is 57.3 Å². The van der Waals surface area contributed by atoms with Gasteiger partial charge in [0.2, 0.25) is 11.8 Å². The summed E-state index contributed by atoms with van der Waals surface area (Å²) >= 11 is 0. The summed E-state index contributed by atoms with van der Waals surface area (Å²) in [5.74, 6) is 0.521. The Bertz CT molecular complexity index is 586. The number of imidazole rings is 1. The van der Waals surface area contributed by atoms with Gasteiger partial charge in [0.15, 0.2) is 0 Å². The number of aryl methyl sites for hydroxylation is 1. The number of nitrogens with zero attached hydrogens (tertiary/aromatic N) is 4. The smallest absolute Gasteiger partial charge is 0.224 e. The zero-order chi connectivity index (χ0) is 17.7. The fourth-order valence-corrected chi connectivity index (χ4v) is 4.21. The zero-order valence-electron chi connectivity index (χ0n) is 15.3. The molecule has 0 aliphatic carbocycles. The van der Waals surface area contributed by atoms with E-state index in [0.717, 1.165) is 58.3 Å². The summed E-state index contributed by atoms with van der Waals surface area (Å²) in [5, 5.41) is 0. The second-order valence-electron chi connectivity index (χ2n) is 7.64. The highest BCUT2D eigenvalue weighted by molar-refractivity contribution is 5.78. The first kappa shape index (κ1) is 18.0. The van der Waals surface area contributed by atoms with Gasteiger partial charge in [-0.3, -0.25) is 9.59 Å². The SMILES string of the molecule is CCCCN1CC2(CCCN(C(=O)CCn3ccnc3)C2)CCC1=O. The maximum Gasteiger partial charge on any atom is 0.224 e. The minimum absolute atomic E-state index is 0.116. The van der Waals surface area contributed by atoms with Gasteiger partial charge in [-0.2, -0.15) is 0 Å². The van der Waals surface area contributed by atoms with E-state index in [2.05, 4.69) is 11.9 Å². The lowest BCUT2D eigenvalue weighted by molar-refractivity contribution is -0.143. The molecule has 2 fully saturated rings. The number of rotatable bonds is 6. The summed E-state index contributed by atoms with van der Waals surface area (Å²) in [5.41, 5.74) is 0.116. The molecule has 3 rings (SSSR count). The van der Waals surface area contributed by atoms with Crippen molar-refractivity contribution in [1.29, 1.82) is 0 Å². The van der Waals surface area contributed by atoms with Gasteiger partial charge in [0, 0.05) is 63.4 Å². The van der Waals surface area contributed by atoms with Crippen LogP contribution in [0.4, 0.5) is 0 Å². The van der Waals surface area contributed by atoms with Gasteiger partial charge in [-0.05, 0) is 25.7 Å². The number of hydrogen-bond acceptors (Lipinski definition) is 3. The van der Waals surface area contributed by atoms with Crippen LogP contribution in [0.25, 0.3) is 0 Å². The highest BCUT2D eigenvalue weighted by atomic mass is 16.2. The van der Waals surface area contributed by atoms with Gasteiger partial charge in [0.05, 0.1) is 6.33 Å². The summed E-state index contributed by atoms with van der Waals surface area (Å²) in [7, 11) is 0. The number of aromatic nitrogens is 2. The Hall–Kier alpha value is -1.85. The molecule has 1 spiro atoms. The Morgan fingerprint density at radius 1 is 1.28 bits per heavy atom. The molecule has 0 saturated carbocycles. The van der Waals surface area contributed by atoms with Gasteiger partial charge in [0.1, 0.15) is 0 Å². The topological polar surface area (TPSA) is 58.4 Å². The van der Waals surface area contributed by atoms with Crippen LogP contribution in [0.5, 0.6) is 0 Å². The monoisotopic (exact) mass is 346 g/mol. The van der Waals surface area contributed by atoms with Crippen LogP contribution in [0.15, 0.2) is 18.7 Å². The van der Waals surface area contributed by atoms with Gasteiger partial charge < -0.3 is 14.4 Å². The second-order valence-corrected chi connectivity index (χ2v) is 7.64. The summed E-state index contributed by atoms with van der Waals surface area (Å²) in [4.78, 5) is 33.0. The van der Waals surface area contributed by atoms with E-state index in [1.54, 1.807) is 12.5 Å². The molecule has 2 aliphatic rings. The number of amides is 2. The van der Waals surface area contributed by atoms with Crippen molar-refractivity contribution >= 4 is 11.8 Å².